The molecule has 1 aliphatic carbocycles. The summed E-state index contributed by atoms with van der Waals surface area (Å²) in [5.41, 5.74) is 0. The van der Waals surface area contributed by atoms with Crippen LogP contribution >= 0.6 is 0 Å². The highest BCUT2D eigenvalue weighted by Gasteiger charge is 2.20. The minimum Gasteiger partial charge on any atom is -0.348 e. The van der Waals surface area contributed by atoms with Gasteiger partial charge in [-0.1, -0.05) is 77.6 Å². The van der Waals surface area contributed by atoms with E-state index in [2.05, 4.69) is 17.6 Å². The molecule has 0 saturated heterocycles. The van der Waals surface area contributed by atoms with Crippen LogP contribution in [0, 0.1) is 0 Å². The highest BCUT2D eigenvalue weighted by Crippen LogP contribution is 2.17. The van der Waals surface area contributed by atoms with Gasteiger partial charge in [-0.15, -0.1) is 0 Å². The van der Waals surface area contributed by atoms with Crippen molar-refractivity contribution in [3.8, 4) is 0 Å². The summed E-state index contributed by atoms with van der Waals surface area (Å²) >= 11 is 0. The number of nitrogens with one attached hydrogen (secondary N) is 2. The largest absolute Gasteiger partial charge is 0.348 e. The van der Waals surface area contributed by atoms with Crippen molar-refractivity contribution in [3.05, 3.63) is 0 Å². The van der Waals surface area contributed by atoms with E-state index in [4.69, 9.17) is 0 Å². The van der Waals surface area contributed by atoms with Gasteiger partial charge in [0.25, 0.3) is 0 Å². The average Bonchev–Trinajstić information content (AvgIpc) is 3.05. The van der Waals surface area contributed by atoms with Crippen LogP contribution in [0.3, 0.4) is 0 Å². The molecule has 134 valence electrons. The zero-order valence-electron chi connectivity index (χ0n) is 15.0. The Morgan fingerprint density at radius 2 is 1.30 bits per heavy atom. The summed E-state index contributed by atoms with van der Waals surface area (Å²) in [7, 11) is 0. The first-order chi connectivity index (χ1) is 11.2. The van der Waals surface area contributed by atoms with Crippen LogP contribution in [-0.4, -0.2) is 24.4 Å². The fourth-order valence-electron chi connectivity index (χ4n) is 3.22. The molecular weight excluding hydrogens is 288 g/mol. The zero-order valence-corrected chi connectivity index (χ0v) is 15.0. The summed E-state index contributed by atoms with van der Waals surface area (Å²) in [5, 5.41) is 5.55. The van der Waals surface area contributed by atoms with Gasteiger partial charge in [0.1, 0.15) is 0 Å². The Morgan fingerprint density at radius 1 is 0.783 bits per heavy atom. The van der Waals surface area contributed by atoms with Gasteiger partial charge in [0.15, 0.2) is 0 Å². The number of carbonyl (C=O) groups is 2. The molecule has 2 amide bonds. The molecule has 0 bridgehead atoms. The van der Waals surface area contributed by atoms with Crippen LogP contribution < -0.4 is 10.6 Å². The predicted molar refractivity (Wildman–Crippen MR) is 95.3 cm³/mol. The van der Waals surface area contributed by atoms with Gasteiger partial charge in [0.2, 0.25) is 0 Å². The normalized spacial score (nSPS) is 14.8. The molecule has 0 atom stereocenters. The van der Waals surface area contributed by atoms with Crippen molar-refractivity contribution < 1.29 is 9.59 Å². The van der Waals surface area contributed by atoms with Gasteiger partial charge >= 0.3 is 11.8 Å². The fraction of sp³-hybridized carbons (Fsp3) is 0.895. The van der Waals surface area contributed by atoms with Crippen molar-refractivity contribution in [2.24, 2.45) is 0 Å². The quantitative estimate of drug-likeness (QED) is 0.420. The van der Waals surface area contributed by atoms with E-state index < -0.39 is 11.8 Å². The summed E-state index contributed by atoms with van der Waals surface area (Å²) in [4.78, 5) is 23.4. The molecule has 1 saturated carbocycles. The van der Waals surface area contributed by atoms with Crippen molar-refractivity contribution in [2.45, 2.75) is 103 Å². The molecule has 1 rings (SSSR count). The maximum Gasteiger partial charge on any atom is 0.309 e. The Labute approximate surface area is 142 Å². The minimum absolute atomic E-state index is 0.213. The molecule has 4 nitrogen and oxygen atoms in total. The van der Waals surface area contributed by atoms with Crippen LogP contribution in [0.15, 0.2) is 0 Å². The third kappa shape index (κ3) is 10.4. The first-order valence-electron chi connectivity index (χ1n) is 9.82. The van der Waals surface area contributed by atoms with Crippen LogP contribution in [-0.2, 0) is 9.59 Å². The standard InChI is InChI=1S/C19H36N2O2/c1-2-3-4-5-6-7-8-9-10-13-16-20-18(22)19(23)21-17-14-11-12-15-17/h17H,2-16H2,1H3,(H,20,22)(H,21,23). The first kappa shape index (κ1) is 20.0. The maximum atomic E-state index is 11.7. The molecule has 0 aliphatic heterocycles. The van der Waals surface area contributed by atoms with E-state index in [1.807, 2.05) is 0 Å². The third-order valence-electron chi connectivity index (χ3n) is 4.71. The van der Waals surface area contributed by atoms with E-state index in [1.54, 1.807) is 0 Å². The highest BCUT2D eigenvalue weighted by atomic mass is 16.2. The summed E-state index contributed by atoms with van der Waals surface area (Å²) in [6.07, 6.45) is 17.1. The van der Waals surface area contributed by atoms with E-state index in [9.17, 15) is 9.59 Å². The van der Waals surface area contributed by atoms with Crippen molar-refractivity contribution in [3.63, 3.8) is 0 Å². The lowest BCUT2D eigenvalue weighted by molar-refractivity contribution is -0.139. The van der Waals surface area contributed by atoms with Crippen LogP contribution in [0.5, 0.6) is 0 Å². The van der Waals surface area contributed by atoms with E-state index in [0.717, 1.165) is 38.5 Å². The fourth-order valence-corrected chi connectivity index (χ4v) is 3.22. The van der Waals surface area contributed by atoms with Crippen molar-refractivity contribution in [1.29, 1.82) is 0 Å². The summed E-state index contributed by atoms with van der Waals surface area (Å²) in [6, 6.07) is 0.213. The third-order valence-corrected chi connectivity index (χ3v) is 4.71. The van der Waals surface area contributed by atoms with Gasteiger partial charge in [-0.2, -0.15) is 0 Å². The summed E-state index contributed by atoms with van der Waals surface area (Å²) < 4.78 is 0. The molecule has 1 fully saturated rings. The lowest BCUT2D eigenvalue weighted by atomic mass is 10.1. The van der Waals surface area contributed by atoms with E-state index in [1.165, 1.54) is 51.4 Å². The SMILES string of the molecule is CCCCCCCCCCCCNC(=O)C(=O)NC1CCCC1. The molecule has 0 aromatic rings. The van der Waals surface area contributed by atoms with Gasteiger partial charge in [-0.3, -0.25) is 9.59 Å². The smallest absolute Gasteiger partial charge is 0.309 e. The van der Waals surface area contributed by atoms with Crippen molar-refractivity contribution in [1.82, 2.24) is 10.6 Å². The topological polar surface area (TPSA) is 58.2 Å². The second-order valence-electron chi connectivity index (χ2n) is 6.89. The number of hydrogen-bond donors (Lipinski definition) is 2. The van der Waals surface area contributed by atoms with E-state index >= 15 is 0 Å². The lowest BCUT2D eigenvalue weighted by Gasteiger charge is -2.11. The Hall–Kier alpha value is -1.06. The molecule has 0 aromatic heterocycles. The second-order valence-corrected chi connectivity index (χ2v) is 6.89. The molecule has 0 heterocycles. The Kier molecular flexibility index (Phi) is 11.6. The molecule has 23 heavy (non-hydrogen) atoms. The summed E-state index contributed by atoms with van der Waals surface area (Å²) in [5.74, 6) is -0.920. The molecule has 0 unspecified atom stereocenters. The number of rotatable bonds is 12. The number of unbranched alkanes of at least 4 members (excludes halogenated alkanes) is 9. The van der Waals surface area contributed by atoms with Crippen molar-refractivity contribution in [2.75, 3.05) is 6.54 Å². The van der Waals surface area contributed by atoms with E-state index in [0.29, 0.717) is 6.54 Å². The Bertz CT molecular complexity index is 325. The zero-order chi connectivity index (χ0) is 16.8. The molecule has 0 aromatic carbocycles. The number of carbonyl (C=O) groups excluding carboxylic acids is 2. The number of hydrogen-bond acceptors (Lipinski definition) is 2. The Morgan fingerprint density at radius 3 is 1.87 bits per heavy atom. The van der Waals surface area contributed by atoms with Crippen LogP contribution in [0.2, 0.25) is 0 Å². The average molecular weight is 325 g/mol. The molecule has 1 aliphatic rings. The molecule has 4 heteroatoms. The molecular formula is C19H36N2O2. The van der Waals surface area contributed by atoms with E-state index in [-0.39, 0.29) is 6.04 Å². The van der Waals surface area contributed by atoms with Crippen LogP contribution in [0.25, 0.3) is 0 Å². The van der Waals surface area contributed by atoms with Gasteiger partial charge in [0.05, 0.1) is 0 Å². The van der Waals surface area contributed by atoms with Crippen molar-refractivity contribution >= 4 is 11.8 Å². The van der Waals surface area contributed by atoms with Crippen LogP contribution in [0.4, 0.5) is 0 Å². The number of amides is 2. The lowest BCUT2D eigenvalue weighted by Crippen LogP contribution is -2.43. The van der Waals surface area contributed by atoms with Gasteiger partial charge in [-0.25, -0.2) is 0 Å². The van der Waals surface area contributed by atoms with Gasteiger partial charge in [-0.05, 0) is 19.3 Å². The van der Waals surface area contributed by atoms with Crippen LogP contribution in [0.1, 0.15) is 96.8 Å². The second kappa shape index (κ2) is 13.4. The van der Waals surface area contributed by atoms with Gasteiger partial charge in [0, 0.05) is 12.6 Å². The first-order valence-corrected chi connectivity index (χ1v) is 9.82. The molecule has 0 radical (unpaired) electrons. The summed E-state index contributed by atoms with van der Waals surface area (Å²) in [6.45, 7) is 2.87. The monoisotopic (exact) mass is 324 g/mol. The highest BCUT2D eigenvalue weighted by molar-refractivity contribution is 6.35. The predicted octanol–water partition coefficient (Wildman–Crippen LogP) is 4.08. The maximum absolute atomic E-state index is 11.7. The molecule has 2 N–H and O–H groups in total. The minimum atomic E-state index is -0.465. The molecule has 0 spiro atoms. The van der Waals surface area contributed by atoms with Gasteiger partial charge < -0.3 is 10.6 Å². The Balaban J connectivity index is 1.86.